The van der Waals surface area contributed by atoms with Gasteiger partial charge in [0.1, 0.15) is 0 Å². The van der Waals surface area contributed by atoms with Gasteiger partial charge in [0.25, 0.3) is 5.91 Å². The van der Waals surface area contributed by atoms with E-state index in [2.05, 4.69) is 14.9 Å². The Morgan fingerprint density at radius 3 is 2.26 bits per heavy atom. The molecule has 182 valence electrons. The number of anilines is 3. The van der Waals surface area contributed by atoms with Gasteiger partial charge in [0.15, 0.2) is 9.84 Å². The highest BCUT2D eigenvalue weighted by Crippen LogP contribution is 2.54. The molecule has 2 aromatic rings. The molecule has 0 bridgehead atoms. The van der Waals surface area contributed by atoms with Crippen LogP contribution in [0.3, 0.4) is 0 Å². The van der Waals surface area contributed by atoms with E-state index < -0.39 is 19.9 Å². The molecule has 2 aliphatic carbocycles. The Hall–Kier alpha value is -2.59. The van der Waals surface area contributed by atoms with Gasteiger partial charge in [-0.3, -0.25) is 9.52 Å². The van der Waals surface area contributed by atoms with Gasteiger partial charge in [-0.2, -0.15) is 0 Å². The lowest BCUT2D eigenvalue weighted by Gasteiger charge is -2.35. The lowest BCUT2D eigenvalue weighted by molar-refractivity contribution is 0.102. The van der Waals surface area contributed by atoms with Crippen LogP contribution >= 0.6 is 0 Å². The fourth-order valence-corrected chi connectivity index (χ4v) is 6.62. The maximum atomic E-state index is 13.3. The van der Waals surface area contributed by atoms with E-state index >= 15 is 0 Å². The fourth-order valence-electron chi connectivity index (χ4n) is 4.58. The minimum atomic E-state index is -3.42. The zero-order valence-corrected chi connectivity index (χ0v) is 20.7. The molecule has 0 aromatic heterocycles. The molecule has 1 amide bonds. The SMILES string of the molecule is CS(=O)(=O)c1cccc(NC(=O)c2ccc(NS(=O)(=O)C3CC3)cc2N2CCC3(CC2)CC3)c1. The molecule has 8 nitrogen and oxygen atoms in total. The summed E-state index contributed by atoms with van der Waals surface area (Å²) in [5, 5.41) is 2.46. The zero-order valence-electron chi connectivity index (χ0n) is 19.1. The predicted molar refractivity (Wildman–Crippen MR) is 133 cm³/mol. The molecule has 2 N–H and O–H groups in total. The lowest BCUT2D eigenvalue weighted by atomic mass is 9.93. The van der Waals surface area contributed by atoms with Crippen LogP contribution in [0.15, 0.2) is 47.4 Å². The first-order chi connectivity index (χ1) is 16.0. The summed E-state index contributed by atoms with van der Waals surface area (Å²) < 4.78 is 51.4. The van der Waals surface area contributed by atoms with Gasteiger partial charge in [-0.15, -0.1) is 0 Å². The van der Waals surface area contributed by atoms with Crippen LogP contribution in [0.2, 0.25) is 0 Å². The van der Waals surface area contributed by atoms with E-state index in [-0.39, 0.29) is 16.1 Å². The molecule has 10 heteroatoms. The smallest absolute Gasteiger partial charge is 0.257 e. The van der Waals surface area contributed by atoms with Crippen LogP contribution in [0.5, 0.6) is 0 Å². The molecule has 3 fully saturated rings. The molecular weight excluding hydrogens is 474 g/mol. The van der Waals surface area contributed by atoms with Crippen molar-refractivity contribution in [3.05, 3.63) is 48.0 Å². The number of rotatable bonds is 7. The first kappa shape index (κ1) is 23.2. The largest absolute Gasteiger partial charge is 0.371 e. The second-order valence-electron chi connectivity index (χ2n) is 9.82. The normalized spacial score (nSPS) is 19.6. The number of sulfonamides is 1. The number of amides is 1. The lowest BCUT2D eigenvalue weighted by Crippen LogP contribution is -2.35. The highest BCUT2D eigenvalue weighted by molar-refractivity contribution is 7.93. The first-order valence-electron chi connectivity index (χ1n) is 11.6. The Morgan fingerprint density at radius 2 is 1.65 bits per heavy atom. The number of hydrogen-bond donors (Lipinski definition) is 2. The maximum absolute atomic E-state index is 13.3. The highest BCUT2D eigenvalue weighted by Gasteiger charge is 2.44. The Labute approximate surface area is 200 Å². The standard InChI is InChI=1S/C24H29N3O5S2/c1-33(29,30)20-4-2-3-17(15-20)25-23(28)21-8-5-18(26-34(31,32)19-6-7-19)16-22(21)27-13-11-24(9-10-24)12-14-27/h2-5,8,15-16,19,26H,6-7,9-14H2,1H3,(H,25,28). The Kier molecular flexibility index (Phi) is 5.63. The predicted octanol–water partition coefficient (Wildman–Crippen LogP) is 3.63. The van der Waals surface area contributed by atoms with Crippen LogP contribution in [0, 0.1) is 5.41 Å². The number of piperidine rings is 1. The van der Waals surface area contributed by atoms with Crippen LogP contribution in [0.25, 0.3) is 0 Å². The summed E-state index contributed by atoms with van der Waals surface area (Å²) in [6, 6.07) is 11.1. The molecule has 1 saturated heterocycles. The molecule has 0 atom stereocenters. The van der Waals surface area contributed by atoms with E-state index in [0.717, 1.165) is 32.2 Å². The molecule has 5 rings (SSSR count). The van der Waals surface area contributed by atoms with Crippen LogP contribution in [0.4, 0.5) is 17.1 Å². The molecular formula is C24H29N3O5S2. The van der Waals surface area contributed by atoms with Gasteiger partial charge in [-0.1, -0.05) is 6.07 Å². The van der Waals surface area contributed by atoms with Gasteiger partial charge in [0, 0.05) is 25.0 Å². The van der Waals surface area contributed by atoms with Crippen molar-refractivity contribution < 1.29 is 21.6 Å². The molecule has 2 saturated carbocycles. The molecule has 1 aliphatic heterocycles. The summed E-state index contributed by atoms with van der Waals surface area (Å²) in [7, 11) is -6.83. The third-order valence-corrected chi connectivity index (χ3v) is 10.1. The quantitative estimate of drug-likeness (QED) is 0.597. The minimum absolute atomic E-state index is 0.126. The number of nitrogens with zero attached hydrogens (tertiary/aromatic N) is 1. The average molecular weight is 504 g/mol. The summed E-state index contributed by atoms with van der Waals surface area (Å²) in [5.41, 5.74) is 2.39. The Balaban J connectivity index is 1.43. The zero-order chi connectivity index (χ0) is 24.1. The summed E-state index contributed by atoms with van der Waals surface area (Å²) in [4.78, 5) is 15.5. The van der Waals surface area contributed by atoms with E-state index in [1.54, 1.807) is 30.3 Å². The topological polar surface area (TPSA) is 113 Å². The van der Waals surface area contributed by atoms with Crippen molar-refractivity contribution in [3.63, 3.8) is 0 Å². The van der Waals surface area contributed by atoms with Crippen molar-refractivity contribution >= 4 is 42.8 Å². The molecule has 3 aliphatic rings. The van der Waals surface area contributed by atoms with Crippen molar-refractivity contribution in [2.24, 2.45) is 5.41 Å². The van der Waals surface area contributed by atoms with E-state index in [0.29, 0.717) is 40.9 Å². The van der Waals surface area contributed by atoms with Crippen LogP contribution < -0.4 is 14.9 Å². The summed E-state index contributed by atoms with van der Waals surface area (Å²) >= 11 is 0. The average Bonchev–Trinajstić information content (AvgIpc) is 3.70. The maximum Gasteiger partial charge on any atom is 0.257 e. The summed E-state index contributed by atoms with van der Waals surface area (Å²) in [6.45, 7) is 1.62. The van der Waals surface area contributed by atoms with Gasteiger partial charge in [0.05, 0.1) is 27.1 Å². The second kappa shape index (κ2) is 8.27. The van der Waals surface area contributed by atoms with Crippen molar-refractivity contribution in [1.82, 2.24) is 0 Å². The van der Waals surface area contributed by atoms with E-state index in [9.17, 15) is 21.6 Å². The number of sulfone groups is 1. The van der Waals surface area contributed by atoms with Crippen molar-refractivity contribution in [3.8, 4) is 0 Å². The molecule has 2 aromatic carbocycles. The van der Waals surface area contributed by atoms with Crippen molar-refractivity contribution in [2.45, 2.75) is 48.7 Å². The van der Waals surface area contributed by atoms with Gasteiger partial charge >= 0.3 is 0 Å². The third kappa shape index (κ3) is 4.93. The van der Waals surface area contributed by atoms with Crippen LogP contribution in [-0.4, -0.2) is 47.3 Å². The molecule has 0 unspecified atom stereocenters. The number of nitrogens with one attached hydrogen (secondary N) is 2. The minimum Gasteiger partial charge on any atom is -0.371 e. The molecule has 0 radical (unpaired) electrons. The van der Waals surface area contributed by atoms with Gasteiger partial charge < -0.3 is 10.2 Å². The third-order valence-electron chi connectivity index (χ3n) is 7.11. The van der Waals surface area contributed by atoms with E-state index in [1.807, 2.05) is 0 Å². The Morgan fingerprint density at radius 1 is 0.941 bits per heavy atom. The summed E-state index contributed by atoms with van der Waals surface area (Å²) in [6.07, 6.45) is 7.09. The van der Waals surface area contributed by atoms with Crippen molar-refractivity contribution in [2.75, 3.05) is 34.3 Å². The molecule has 1 heterocycles. The monoisotopic (exact) mass is 503 g/mol. The van der Waals surface area contributed by atoms with Gasteiger partial charge in [-0.25, -0.2) is 16.8 Å². The Bertz CT molecular complexity index is 1340. The number of benzene rings is 2. The van der Waals surface area contributed by atoms with Crippen molar-refractivity contribution in [1.29, 1.82) is 0 Å². The number of carbonyl (C=O) groups excluding carboxylic acids is 1. The highest BCUT2D eigenvalue weighted by atomic mass is 32.2. The van der Waals surface area contributed by atoms with E-state index in [1.165, 1.54) is 25.0 Å². The summed E-state index contributed by atoms with van der Waals surface area (Å²) in [5.74, 6) is -0.371. The number of hydrogen-bond acceptors (Lipinski definition) is 6. The fraction of sp³-hybridized carbons (Fsp3) is 0.458. The van der Waals surface area contributed by atoms with E-state index in [4.69, 9.17) is 0 Å². The number of carbonyl (C=O) groups is 1. The molecule has 34 heavy (non-hydrogen) atoms. The van der Waals surface area contributed by atoms with Gasteiger partial charge in [0.2, 0.25) is 10.0 Å². The second-order valence-corrected chi connectivity index (χ2v) is 13.8. The van der Waals surface area contributed by atoms with Crippen LogP contribution in [0.1, 0.15) is 48.9 Å². The van der Waals surface area contributed by atoms with Crippen LogP contribution in [-0.2, 0) is 19.9 Å². The first-order valence-corrected chi connectivity index (χ1v) is 15.0. The van der Waals surface area contributed by atoms with Gasteiger partial charge in [-0.05, 0) is 80.3 Å². The molecule has 1 spiro atoms.